The van der Waals surface area contributed by atoms with Crippen LogP contribution in [0.1, 0.15) is 34.8 Å². The van der Waals surface area contributed by atoms with E-state index in [1.54, 1.807) is 0 Å². The highest BCUT2D eigenvalue weighted by atomic mass is 19.1. The van der Waals surface area contributed by atoms with E-state index >= 15 is 0 Å². The first-order chi connectivity index (χ1) is 8.74. The average molecular weight is 243 g/mol. The summed E-state index contributed by atoms with van der Waals surface area (Å²) >= 11 is 0. The zero-order valence-corrected chi connectivity index (χ0v) is 9.94. The summed E-state index contributed by atoms with van der Waals surface area (Å²) in [5.74, 6) is -0.423. The lowest BCUT2D eigenvalue weighted by molar-refractivity contribution is 0.219. The third-order valence-electron chi connectivity index (χ3n) is 3.48. The first-order valence-corrected chi connectivity index (χ1v) is 6.14. The van der Waals surface area contributed by atoms with Gasteiger partial charge in [-0.3, -0.25) is 4.98 Å². The van der Waals surface area contributed by atoms with E-state index in [1.807, 2.05) is 12.1 Å². The molecule has 0 radical (unpaired) electrons. The quantitative estimate of drug-likeness (QED) is 0.879. The smallest absolute Gasteiger partial charge is 0.141 e. The number of rotatable bonds is 2. The molecule has 0 bridgehead atoms. The van der Waals surface area contributed by atoms with Crippen LogP contribution in [0.15, 0.2) is 36.7 Å². The largest absolute Gasteiger partial charge is 0.384 e. The molecule has 2 aromatic rings. The van der Waals surface area contributed by atoms with Gasteiger partial charge < -0.3 is 5.11 Å². The molecule has 0 saturated carbocycles. The third kappa shape index (κ3) is 2.02. The fourth-order valence-electron chi connectivity index (χ4n) is 2.53. The lowest BCUT2D eigenvalue weighted by Crippen LogP contribution is -2.02. The summed E-state index contributed by atoms with van der Waals surface area (Å²) in [5, 5.41) is 10.2. The number of nitrogens with zero attached hydrogens (tertiary/aromatic N) is 1. The predicted molar refractivity (Wildman–Crippen MR) is 66.7 cm³/mol. The van der Waals surface area contributed by atoms with Crippen LogP contribution in [0.2, 0.25) is 0 Å². The number of fused-ring (bicyclic) bond motifs is 1. The predicted octanol–water partition coefficient (Wildman–Crippen LogP) is 2.79. The Morgan fingerprint density at radius 1 is 1.06 bits per heavy atom. The Bertz CT molecular complexity index is 582. The molecule has 0 amide bonds. The van der Waals surface area contributed by atoms with Crippen LogP contribution in [0.25, 0.3) is 0 Å². The van der Waals surface area contributed by atoms with Crippen molar-refractivity contribution in [3.63, 3.8) is 0 Å². The number of aromatic nitrogens is 1. The van der Waals surface area contributed by atoms with Crippen LogP contribution < -0.4 is 0 Å². The zero-order valence-electron chi connectivity index (χ0n) is 9.94. The Balaban J connectivity index is 1.95. The molecule has 0 fully saturated rings. The van der Waals surface area contributed by atoms with E-state index in [2.05, 4.69) is 11.1 Å². The van der Waals surface area contributed by atoms with E-state index in [9.17, 15) is 9.50 Å². The highest BCUT2D eigenvalue weighted by Gasteiger charge is 2.16. The highest BCUT2D eigenvalue weighted by molar-refractivity contribution is 5.38. The number of benzene rings is 1. The molecule has 1 aliphatic rings. The number of hydrogen-bond acceptors (Lipinski definition) is 2. The minimum Gasteiger partial charge on any atom is -0.384 e. The van der Waals surface area contributed by atoms with Crippen molar-refractivity contribution in [3.8, 4) is 0 Å². The van der Waals surface area contributed by atoms with Crippen LogP contribution in [0, 0.1) is 5.82 Å². The Kier molecular flexibility index (Phi) is 2.84. The van der Waals surface area contributed by atoms with Gasteiger partial charge in [-0.05, 0) is 42.0 Å². The number of halogens is 1. The van der Waals surface area contributed by atoms with E-state index in [0.29, 0.717) is 5.56 Å². The third-order valence-corrected chi connectivity index (χ3v) is 3.48. The van der Waals surface area contributed by atoms with Crippen molar-refractivity contribution in [1.29, 1.82) is 0 Å². The number of hydrogen-bond donors (Lipinski definition) is 1. The highest BCUT2D eigenvalue weighted by Crippen LogP contribution is 2.28. The monoisotopic (exact) mass is 243 g/mol. The van der Waals surface area contributed by atoms with Gasteiger partial charge in [0.15, 0.2) is 0 Å². The minimum atomic E-state index is -0.806. The summed E-state index contributed by atoms with van der Waals surface area (Å²) in [6, 6.07) is 7.33. The lowest BCUT2D eigenvalue weighted by Gasteiger charge is -2.12. The first-order valence-electron chi connectivity index (χ1n) is 6.14. The van der Waals surface area contributed by atoms with E-state index in [4.69, 9.17) is 0 Å². The number of aliphatic hydroxyl groups excluding tert-OH is 1. The van der Waals surface area contributed by atoms with E-state index < -0.39 is 11.9 Å². The second-order valence-electron chi connectivity index (χ2n) is 4.72. The molecule has 18 heavy (non-hydrogen) atoms. The van der Waals surface area contributed by atoms with Gasteiger partial charge in [-0.1, -0.05) is 18.2 Å². The molecule has 3 heteroatoms. The minimum absolute atomic E-state index is 0.423. The van der Waals surface area contributed by atoms with Gasteiger partial charge in [-0.15, -0.1) is 0 Å². The number of aryl methyl sites for hydroxylation is 2. The van der Waals surface area contributed by atoms with Crippen LogP contribution in [-0.2, 0) is 12.8 Å². The van der Waals surface area contributed by atoms with Crippen LogP contribution in [0.5, 0.6) is 0 Å². The molecule has 0 aliphatic heterocycles. The maximum Gasteiger partial charge on any atom is 0.141 e. The normalized spacial score (nSPS) is 15.4. The maximum absolute atomic E-state index is 13.1. The summed E-state index contributed by atoms with van der Waals surface area (Å²) in [4.78, 5) is 3.77. The van der Waals surface area contributed by atoms with Gasteiger partial charge in [0.1, 0.15) is 11.9 Å². The topological polar surface area (TPSA) is 33.1 Å². The van der Waals surface area contributed by atoms with Gasteiger partial charge >= 0.3 is 0 Å². The van der Waals surface area contributed by atoms with Gasteiger partial charge in [0, 0.05) is 11.8 Å². The van der Waals surface area contributed by atoms with Crippen molar-refractivity contribution in [2.45, 2.75) is 25.4 Å². The molecule has 1 aromatic carbocycles. The molecular weight excluding hydrogens is 229 g/mol. The van der Waals surface area contributed by atoms with Crippen molar-refractivity contribution in [2.75, 3.05) is 0 Å². The molecule has 1 atom stereocenters. The molecule has 1 aromatic heterocycles. The number of aliphatic hydroxyl groups is 1. The second kappa shape index (κ2) is 4.50. The molecular formula is C15H14FNO. The Hall–Kier alpha value is -1.74. The fraction of sp³-hybridized carbons (Fsp3) is 0.267. The molecule has 92 valence electrons. The summed E-state index contributed by atoms with van der Waals surface area (Å²) in [5.41, 5.74) is 3.97. The Morgan fingerprint density at radius 3 is 2.72 bits per heavy atom. The van der Waals surface area contributed by atoms with E-state index in [-0.39, 0.29) is 0 Å². The van der Waals surface area contributed by atoms with Gasteiger partial charge in [0.2, 0.25) is 0 Å². The van der Waals surface area contributed by atoms with Gasteiger partial charge in [-0.2, -0.15) is 0 Å². The summed E-state index contributed by atoms with van der Waals surface area (Å²) in [6.45, 7) is 0. The number of pyridine rings is 1. The standard InChI is InChI=1S/C15H14FNO/c16-14-7-13(8-17-9-14)15(18)12-5-4-10-2-1-3-11(10)6-12/h4-9,15,18H,1-3H2. The molecule has 1 aliphatic carbocycles. The maximum atomic E-state index is 13.1. The van der Waals surface area contributed by atoms with Crippen molar-refractivity contribution >= 4 is 0 Å². The van der Waals surface area contributed by atoms with E-state index in [1.165, 1.54) is 29.8 Å². The van der Waals surface area contributed by atoms with Crippen molar-refractivity contribution in [1.82, 2.24) is 4.98 Å². The van der Waals surface area contributed by atoms with Crippen molar-refractivity contribution in [2.24, 2.45) is 0 Å². The molecule has 0 saturated heterocycles. The zero-order chi connectivity index (χ0) is 12.5. The molecule has 1 unspecified atom stereocenters. The molecule has 1 N–H and O–H groups in total. The van der Waals surface area contributed by atoms with Gasteiger partial charge in [0.25, 0.3) is 0 Å². The SMILES string of the molecule is OC(c1cncc(F)c1)c1ccc2c(c1)CCC2. The van der Waals surface area contributed by atoms with Crippen molar-refractivity contribution < 1.29 is 9.50 Å². The second-order valence-corrected chi connectivity index (χ2v) is 4.72. The first kappa shape index (κ1) is 11.4. The summed E-state index contributed by atoms with van der Waals surface area (Å²) in [7, 11) is 0. The van der Waals surface area contributed by atoms with E-state index in [0.717, 1.165) is 24.6 Å². The molecule has 3 rings (SSSR count). The Labute approximate surface area is 105 Å². The van der Waals surface area contributed by atoms with Crippen LogP contribution >= 0.6 is 0 Å². The average Bonchev–Trinajstić information content (AvgIpc) is 2.85. The van der Waals surface area contributed by atoms with Crippen LogP contribution in [-0.4, -0.2) is 10.1 Å². The Morgan fingerprint density at radius 2 is 1.89 bits per heavy atom. The van der Waals surface area contributed by atoms with Gasteiger partial charge in [0.05, 0.1) is 6.20 Å². The molecule has 2 nitrogen and oxygen atoms in total. The van der Waals surface area contributed by atoms with Crippen LogP contribution in [0.3, 0.4) is 0 Å². The van der Waals surface area contributed by atoms with Gasteiger partial charge in [-0.25, -0.2) is 4.39 Å². The summed E-state index contributed by atoms with van der Waals surface area (Å²) < 4.78 is 13.1. The molecule has 0 spiro atoms. The van der Waals surface area contributed by atoms with Crippen LogP contribution in [0.4, 0.5) is 4.39 Å². The fourth-order valence-corrected chi connectivity index (χ4v) is 2.53. The van der Waals surface area contributed by atoms with Crippen molar-refractivity contribution in [3.05, 3.63) is 64.7 Å². The lowest BCUT2D eigenvalue weighted by atomic mass is 9.99. The summed E-state index contributed by atoms with van der Waals surface area (Å²) in [6.07, 6.45) is 5.19. The molecule has 1 heterocycles.